The van der Waals surface area contributed by atoms with Crippen molar-refractivity contribution in [3.63, 3.8) is 0 Å². The summed E-state index contributed by atoms with van der Waals surface area (Å²) < 4.78 is 2.93. The number of hydrogen-bond donors (Lipinski definition) is 2. The zero-order valence-electron chi connectivity index (χ0n) is 13.8. The molecule has 0 radical (unpaired) electrons. The Morgan fingerprint density at radius 3 is 2.92 bits per heavy atom. The number of aliphatic hydroxyl groups excluding tert-OH is 2. The fraction of sp³-hybridized carbons (Fsp3) is 0.333. The van der Waals surface area contributed by atoms with Crippen molar-refractivity contribution >= 4 is 27.3 Å². The molecule has 4 rings (SSSR count). The summed E-state index contributed by atoms with van der Waals surface area (Å²) in [6, 6.07) is 9.82. The smallest absolute Gasteiger partial charge is 0.264 e. The van der Waals surface area contributed by atoms with Crippen LogP contribution in [0.2, 0.25) is 0 Å². The van der Waals surface area contributed by atoms with Crippen LogP contribution in [0.25, 0.3) is 10.1 Å². The van der Waals surface area contributed by atoms with Gasteiger partial charge in [-0.05, 0) is 30.0 Å². The van der Waals surface area contributed by atoms with Crippen molar-refractivity contribution in [2.24, 2.45) is 0 Å². The van der Waals surface area contributed by atoms with Crippen LogP contribution in [0.1, 0.15) is 32.7 Å². The molecule has 0 fully saturated rings. The van der Waals surface area contributed by atoms with E-state index in [1.165, 1.54) is 11.3 Å². The molecule has 130 valence electrons. The monoisotopic (exact) mass is 357 g/mol. The minimum absolute atomic E-state index is 0.0374. The first-order valence-electron chi connectivity index (χ1n) is 8.21. The Hall–Kier alpha value is -2.22. The molecule has 1 aliphatic heterocycles. The zero-order chi connectivity index (χ0) is 17.6. The van der Waals surface area contributed by atoms with Gasteiger partial charge in [0, 0.05) is 11.2 Å². The average Bonchev–Trinajstić information content (AvgIpc) is 3.21. The van der Waals surface area contributed by atoms with Gasteiger partial charge in [0.05, 0.1) is 36.0 Å². The van der Waals surface area contributed by atoms with Gasteiger partial charge < -0.3 is 15.1 Å². The van der Waals surface area contributed by atoms with Crippen LogP contribution in [0.4, 0.5) is 0 Å². The molecular formula is C18H19N3O3S. The van der Waals surface area contributed by atoms with Crippen LogP contribution in [0.5, 0.6) is 0 Å². The summed E-state index contributed by atoms with van der Waals surface area (Å²) in [5.41, 5.74) is 2.35. The summed E-state index contributed by atoms with van der Waals surface area (Å²) in [5.74, 6) is 0.0374. The average molecular weight is 357 g/mol. The lowest BCUT2D eigenvalue weighted by molar-refractivity contribution is 0.0709. The second-order valence-electron chi connectivity index (χ2n) is 6.26. The van der Waals surface area contributed by atoms with E-state index in [9.17, 15) is 9.90 Å². The number of aryl methyl sites for hydroxylation is 1. The summed E-state index contributed by atoms with van der Waals surface area (Å²) in [4.78, 5) is 15.6. The van der Waals surface area contributed by atoms with Crippen molar-refractivity contribution in [1.82, 2.24) is 14.7 Å². The normalized spacial score (nSPS) is 15.4. The van der Waals surface area contributed by atoms with Gasteiger partial charge in [-0.25, -0.2) is 0 Å². The number of hydrogen-bond acceptors (Lipinski definition) is 5. The van der Waals surface area contributed by atoms with E-state index in [0.717, 1.165) is 26.2 Å². The van der Waals surface area contributed by atoms with Crippen LogP contribution < -0.4 is 0 Å². The highest BCUT2D eigenvalue weighted by molar-refractivity contribution is 7.21. The van der Waals surface area contributed by atoms with E-state index in [1.807, 2.05) is 36.1 Å². The molecule has 0 spiro atoms. The van der Waals surface area contributed by atoms with Crippen molar-refractivity contribution < 1.29 is 15.0 Å². The predicted octanol–water partition coefficient (Wildman–Crippen LogP) is 2.09. The highest BCUT2D eigenvalue weighted by Gasteiger charge is 2.27. The Morgan fingerprint density at radius 2 is 2.16 bits per heavy atom. The van der Waals surface area contributed by atoms with Crippen molar-refractivity contribution in [3.05, 3.63) is 52.2 Å². The molecule has 0 saturated heterocycles. The first-order chi connectivity index (χ1) is 12.1. The van der Waals surface area contributed by atoms with Gasteiger partial charge in [0.25, 0.3) is 5.91 Å². The van der Waals surface area contributed by atoms with Crippen LogP contribution in [0.15, 0.2) is 30.3 Å². The lowest BCUT2D eigenvalue weighted by Crippen LogP contribution is -2.38. The lowest BCUT2D eigenvalue weighted by Gasteiger charge is -2.27. The lowest BCUT2D eigenvalue weighted by atomic mass is 10.1. The summed E-state index contributed by atoms with van der Waals surface area (Å²) in [6.07, 6.45) is -0.980. The van der Waals surface area contributed by atoms with E-state index in [1.54, 1.807) is 10.7 Å². The topological polar surface area (TPSA) is 78.6 Å². The minimum atomic E-state index is -0.980. The van der Waals surface area contributed by atoms with Crippen molar-refractivity contribution in [3.8, 4) is 0 Å². The third kappa shape index (κ3) is 2.74. The van der Waals surface area contributed by atoms with Gasteiger partial charge in [0.2, 0.25) is 0 Å². The highest BCUT2D eigenvalue weighted by Crippen LogP contribution is 2.32. The zero-order valence-corrected chi connectivity index (χ0v) is 14.7. The number of thiophene rings is 1. The van der Waals surface area contributed by atoms with Crippen molar-refractivity contribution in [2.45, 2.75) is 26.1 Å². The van der Waals surface area contributed by atoms with Gasteiger partial charge in [0.15, 0.2) is 0 Å². The molecule has 0 aliphatic carbocycles. The Bertz CT molecular complexity index is 946. The maximum Gasteiger partial charge on any atom is 0.264 e. The molecule has 7 heteroatoms. The van der Waals surface area contributed by atoms with E-state index in [0.29, 0.717) is 25.3 Å². The molecule has 3 heterocycles. The maximum atomic E-state index is 13.0. The van der Waals surface area contributed by atoms with Crippen LogP contribution in [0, 0.1) is 6.92 Å². The Labute approximate surface area is 148 Å². The fourth-order valence-electron chi connectivity index (χ4n) is 3.24. The Morgan fingerprint density at radius 1 is 1.36 bits per heavy atom. The Balaban J connectivity index is 1.61. The number of fused-ring (bicyclic) bond motifs is 2. The summed E-state index contributed by atoms with van der Waals surface area (Å²) in [6.45, 7) is 3.26. The molecule has 3 aromatic rings. The first kappa shape index (κ1) is 16.3. The minimum Gasteiger partial charge on any atom is -0.393 e. The van der Waals surface area contributed by atoms with E-state index in [2.05, 4.69) is 5.10 Å². The van der Waals surface area contributed by atoms with E-state index >= 15 is 0 Å². The summed E-state index contributed by atoms with van der Waals surface area (Å²) >= 11 is 1.53. The molecule has 1 atom stereocenters. The second-order valence-corrected chi connectivity index (χ2v) is 7.31. The molecule has 2 N–H and O–H groups in total. The molecule has 1 aliphatic rings. The molecule has 2 aromatic heterocycles. The van der Waals surface area contributed by atoms with Gasteiger partial charge >= 0.3 is 0 Å². The number of amides is 1. The fourth-order valence-corrected chi connectivity index (χ4v) is 4.42. The first-order valence-corrected chi connectivity index (χ1v) is 9.03. The third-order valence-electron chi connectivity index (χ3n) is 4.66. The van der Waals surface area contributed by atoms with Crippen LogP contribution in [-0.2, 0) is 13.1 Å². The van der Waals surface area contributed by atoms with E-state index < -0.39 is 6.10 Å². The maximum absolute atomic E-state index is 13.0. The van der Waals surface area contributed by atoms with Gasteiger partial charge in [-0.3, -0.25) is 9.48 Å². The number of rotatable bonds is 3. The third-order valence-corrected chi connectivity index (χ3v) is 5.92. The molecular weight excluding hydrogens is 338 g/mol. The SMILES string of the molecule is Cc1c(C(=O)N2CCn3nc([C@@H](O)CO)cc3C2)sc2ccccc12. The summed E-state index contributed by atoms with van der Waals surface area (Å²) in [5, 5.41) is 24.3. The number of benzene rings is 1. The van der Waals surface area contributed by atoms with Gasteiger partial charge in [0.1, 0.15) is 6.10 Å². The Kier molecular flexibility index (Phi) is 4.07. The van der Waals surface area contributed by atoms with Gasteiger partial charge in [-0.1, -0.05) is 18.2 Å². The largest absolute Gasteiger partial charge is 0.393 e. The molecule has 0 unspecified atom stereocenters. The molecule has 25 heavy (non-hydrogen) atoms. The highest BCUT2D eigenvalue weighted by atomic mass is 32.1. The molecule has 1 amide bonds. The number of carbonyl (C=O) groups is 1. The van der Waals surface area contributed by atoms with Gasteiger partial charge in [-0.15, -0.1) is 11.3 Å². The van der Waals surface area contributed by atoms with Crippen molar-refractivity contribution in [2.75, 3.05) is 13.2 Å². The molecule has 6 nitrogen and oxygen atoms in total. The van der Waals surface area contributed by atoms with Crippen LogP contribution >= 0.6 is 11.3 Å². The predicted molar refractivity (Wildman–Crippen MR) is 95.6 cm³/mol. The van der Waals surface area contributed by atoms with E-state index in [-0.39, 0.29) is 12.5 Å². The van der Waals surface area contributed by atoms with E-state index in [4.69, 9.17) is 5.11 Å². The molecule has 0 saturated carbocycles. The quantitative estimate of drug-likeness (QED) is 0.752. The van der Waals surface area contributed by atoms with Crippen molar-refractivity contribution in [1.29, 1.82) is 0 Å². The standard InChI is InChI=1S/C18H19N3O3S/c1-11-13-4-2-3-5-16(13)25-17(11)18(24)20-6-7-21-12(9-20)8-14(19-21)15(23)10-22/h2-5,8,15,22-23H,6-7,9-10H2,1H3/t15-/m0/s1. The number of carbonyl (C=O) groups excluding carboxylic acids is 1. The molecule has 0 bridgehead atoms. The molecule has 1 aromatic carbocycles. The van der Waals surface area contributed by atoms with Crippen LogP contribution in [-0.4, -0.2) is 44.0 Å². The van der Waals surface area contributed by atoms with Crippen LogP contribution in [0.3, 0.4) is 0 Å². The second kappa shape index (κ2) is 6.25. The summed E-state index contributed by atoms with van der Waals surface area (Å²) in [7, 11) is 0. The number of aromatic nitrogens is 2. The van der Waals surface area contributed by atoms with Gasteiger partial charge in [-0.2, -0.15) is 5.10 Å². The number of nitrogens with zero attached hydrogens (tertiary/aromatic N) is 3. The number of aliphatic hydroxyl groups is 2.